The normalized spacial score (nSPS) is 15.3. The number of carbonyl (C=O) groups excluding carboxylic acids is 1. The maximum Gasteiger partial charge on any atom is 0.416 e. The van der Waals surface area contributed by atoms with Crippen LogP contribution in [0.25, 0.3) is 5.70 Å². The number of nitrogens with zero attached hydrogens (tertiary/aromatic N) is 4. The quantitative estimate of drug-likeness (QED) is 0.256. The minimum Gasteiger partial charge on any atom is -0.397 e. The molecular formula is C28H34F3N7O2. The van der Waals surface area contributed by atoms with E-state index in [2.05, 4.69) is 10.4 Å². The molecule has 0 unspecified atom stereocenters. The molecule has 1 saturated heterocycles. The number of hydrogen-bond acceptors (Lipinski definition) is 7. The molecule has 2 heterocycles. The van der Waals surface area contributed by atoms with E-state index in [1.807, 2.05) is 18.7 Å². The van der Waals surface area contributed by atoms with Crippen LogP contribution >= 0.6 is 0 Å². The van der Waals surface area contributed by atoms with E-state index in [1.165, 1.54) is 11.2 Å². The van der Waals surface area contributed by atoms with Crippen LogP contribution in [-0.4, -0.2) is 44.9 Å². The highest BCUT2D eigenvalue weighted by molar-refractivity contribution is 6.05. The van der Waals surface area contributed by atoms with Crippen molar-refractivity contribution in [3.8, 4) is 0 Å². The molecule has 1 aliphatic heterocycles. The fourth-order valence-electron chi connectivity index (χ4n) is 4.66. The van der Waals surface area contributed by atoms with Crippen LogP contribution in [0.5, 0.6) is 0 Å². The van der Waals surface area contributed by atoms with Crippen LogP contribution < -0.4 is 21.9 Å². The lowest BCUT2D eigenvalue weighted by atomic mass is 10.0. The number of hydrogen-bond donors (Lipinski definition) is 4. The van der Waals surface area contributed by atoms with Crippen molar-refractivity contribution < 1.29 is 23.1 Å². The van der Waals surface area contributed by atoms with E-state index in [4.69, 9.17) is 11.6 Å². The molecule has 0 bridgehead atoms. The number of piperidine rings is 1. The van der Waals surface area contributed by atoms with Crippen LogP contribution in [0.3, 0.4) is 0 Å². The SMILES string of the molecule is Cc1ccc(C(=O)Nc2cc(CN3CCC(O)CC3)cc(C(F)(F)F)c2)cc1N(N)/C=C(\N)c1cnn(C)c1C. The minimum absolute atomic E-state index is 0.0368. The van der Waals surface area contributed by atoms with Gasteiger partial charge in [-0.25, -0.2) is 5.84 Å². The summed E-state index contributed by atoms with van der Waals surface area (Å²) in [5.41, 5.74) is 9.26. The van der Waals surface area contributed by atoms with Gasteiger partial charge in [-0.05, 0) is 68.1 Å². The van der Waals surface area contributed by atoms with Gasteiger partial charge in [0, 0.05) is 55.4 Å². The van der Waals surface area contributed by atoms with Crippen LogP contribution in [-0.2, 0) is 19.8 Å². The number of aliphatic hydroxyl groups excluding tert-OH is 1. The number of aryl methyl sites for hydroxylation is 2. The fraction of sp³-hybridized carbons (Fsp3) is 0.357. The molecule has 214 valence electrons. The van der Waals surface area contributed by atoms with Crippen molar-refractivity contribution >= 4 is 23.0 Å². The van der Waals surface area contributed by atoms with Gasteiger partial charge in [0.05, 0.1) is 29.2 Å². The van der Waals surface area contributed by atoms with Gasteiger partial charge in [-0.1, -0.05) is 6.07 Å². The molecule has 1 aliphatic rings. The molecule has 3 aromatic rings. The molecule has 0 atom stereocenters. The van der Waals surface area contributed by atoms with Gasteiger partial charge < -0.3 is 16.2 Å². The third-order valence-corrected chi connectivity index (χ3v) is 7.12. The highest BCUT2D eigenvalue weighted by Gasteiger charge is 2.32. The number of aliphatic hydroxyl groups is 1. The molecule has 12 heteroatoms. The molecule has 0 saturated carbocycles. The summed E-state index contributed by atoms with van der Waals surface area (Å²) in [5.74, 6) is 5.69. The smallest absolute Gasteiger partial charge is 0.397 e. The third-order valence-electron chi connectivity index (χ3n) is 7.12. The van der Waals surface area contributed by atoms with E-state index in [1.54, 1.807) is 42.2 Å². The first-order valence-electron chi connectivity index (χ1n) is 12.9. The minimum atomic E-state index is -4.58. The molecule has 9 nitrogen and oxygen atoms in total. The Bertz CT molecular complexity index is 1410. The molecule has 0 spiro atoms. The van der Waals surface area contributed by atoms with Crippen molar-refractivity contribution in [1.82, 2.24) is 14.7 Å². The summed E-state index contributed by atoms with van der Waals surface area (Å²) in [7, 11) is 1.80. The number of alkyl halides is 3. The maximum absolute atomic E-state index is 13.7. The van der Waals surface area contributed by atoms with Crippen molar-refractivity contribution in [3.05, 3.63) is 82.3 Å². The Morgan fingerprint density at radius 3 is 2.52 bits per heavy atom. The lowest BCUT2D eigenvalue weighted by Gasteiger charge is -2.29. The highest BCUT2D eigenvalue weighted by Crippen LogP contribution is 2.33. The first-order chi connectivity index (χ1) is 18.8. The monoisotopic (exact) mass is 557 g/mol. The van der Waals surface area contributed by atoms with Crippen LogP contribution in [0.1, 0.15) is 51.1 Å². The fourth-order valence-corrected chi connectivity index (χ4v) is 4.66. The lowest BCUT2D eigenvalue weighted by molar-refractivity contribution is -0.137. The molecular weight excluding hydrogens is 523 g/mol. The summed E-state index contributed by atoms with van der Waals surface area (Å²) < 4.78 is 42.7. The Morgan fingerprint density at radius 1 is 1.20 bits per heavy atom. The standard InChI is InChI=1S/C28H34F3N7O2/c1-17-4-5-20(12-26(17)38(33)16-25(32)24-14-34-36(3)18(24)2)27(40)35-22-11-19(10-21(13-22)28(29,30)31)15-37-8-6-23(39)7-9-37/h4-5,10-14,16,23,39H,6-9,15,32-33H2,1-3H3,(H,35,40)/b25-16-. The molecule has 0 aliphatic carbocycles. The summed E-state index contributed by atoms with van der Waals surface area (Å²) in [5, 5.41) is 17.8. The number of aromatic nitrogens is 2. The van der Waals surface area contributed by atoms with Crippen LogP contribution in [0.2, 0.25) is 0 Å². The Morgan fingerprint density at radius 2 is 1.90 bits per heavy atom. The lowest BCUT2D eigenvalue weighted by Crippen LogP contribution is -2.35. The average molecular weight is 558 g/mol. The second kappa shape index (κ2) is 11.7. The predicted octanol–water partition coefficient (Wildman–Crippen LogP) is 3.90. The number of likely N-dealkylation sites (tertiary alicyclic amines) is 1. The van der Waals surface area contributed by atoms with Crippen molar-refractivity contribution in [2.45, 2.75) is 45.5 Å². The van der Waals surface area contributed by atoms with E-state index in [9.17, 15) is 23.1 Å². The Labute approximate surface area is 230 Å². The number of hydrazine groups is 1. The van der Waals surface area contributed by atoms with Gasteiger partial charge in [-0.2, -0.15) is 18.3 Å². The van der Waals surface area contributed by atoms with Gasteiger partial charge in [-0.15, -0.1) is 0 Å². The van der Waals surface area contributed by atoms with Crippen LogP contribution in [0, 0.1) is 13.8 Å². The Kier molecular flexibility index (Phi) is 8.52. The van der Waals surface area contributed by atoms with Gasteiger partial charge >= 0.3 is 6.18 Å². The molecule has 1 aromatic heterocycles. The third kappa shape index (κ3) is 6.82. The molecule has 0 radical (unpaired) electrons. The van der Waals surface area contributed by atoms with Crippen molar-refractivity contribution in [2.24, 2.45) is 18.6 Å². The first kappa shape index (κ1) is 29.1. The molecule has 1 fully saturated rings. The van der Waals surface area contributed by atoms with Crippen molar-refractivity contribution in [3.63, 3.8) is 0 Å². The number of nitrogens with one attached hydrogen (secondary N) is 1. The van der Waals surface area contributed by atoms with Crippen molar-refractivity contribution in [1.29, 1.82) is 0 Å². The summed E-state index contributed by atoms with van der Waals surface area (Å²) in [6.07, 6.45) is -0.680. The average Bonchev–Trinajstić information content (AvgIpc) is 3.23. The van der Waals surface area contributed by atoms with E-state index >= 15 is 0 Å². The largest absolute Gasteiger partial charge is 0.416 e. The second-order valence-electron chi connectivity index (χ2n) is 10.1. The molecule has 1 amide bonds. The zero-order chi connectivity index (χ0) is 29.2. The summed E-state index contributed by atoms with van der Waals surface area (Å²) in [4.78, 5) is 15.1. The number of halogens is 3. The van der Waals surface area contributed by atoms with Gasteiger partial charge in [-0.3, -0.25) is 19.4 Å². The number of amides is 1. The zero-order valence-corrected chi connectivity index (χ0v) is 22.7. The van der Waals surface area contributed by atoms with Crippen LogP contribution in [0.4, 0.5) is 24.5 Å². The zero-order valence-electron chi connectivity index (χ0n) is 22.7. The number of rotatable bonds is 7. The molecule has 4 rings (SSSR count). The second-order valence-corrected chi connectivity index (χ2v) is 10.1. The Hall–Kier alpha value is -3.87. The Balaban J connectivity index is 1.56. The van der Waals surface area contributed by atoms with E-state index < -0.39 is 17.6 Å². The van der Waals surface area contributed by atoms with Gasteiger partial charge in [0.15, 0.2) is 0 Å². The van der Waals surface area contributed by atoms with Gasteiger partial charge in [0.25, 0.3) is 5.91 Å². The summed E-state index contributed by atoms with van der Waals surface area (Å²) in [6, 6.07) is 8.39. The highest BCUT2D eigenvalue weighted by atomic mass is 19.4. The molecule has 40 heavy (non-hydrogen) atoms. The topological polar surface area (TPSA) is 126 Å². The van der Waals surface area contributed by atoms with Gasteiger partial charge in [0.1, 0.15) is 0 Å². The van der Waals surface area contributed by atoms with Crippen molar-refractivity contribution in [2.75, 3.05) is 23.4 Å². The predicted molar refractivity (Wildman–Crippen MR) is 148 cm³/mol. The van der Waals surface area contributed by atoms with E-state index in [0.29, 0.717) is 48.4 Å². The number of anilines is 2. The summed E-state index contributed by atoms with van der Waals surface area (Å²) in [6.45, 7) is 5.13. The number of benzene rings is 2. The summed E-state index contributed by atoms with van der Waals surface area (Å²) >= 11 is 0. The van der Waals surface area contributed by atoms with Gasteiger partial charge in [0.2, 0.25) is 0 Å². The maximum atomic E-state index is 13.7. The number of carbonyl (C=O) groups is 1. The molecule has 2 aromatic carbocycles. The van der Waals surface area contributed by atoms with E-state index in [-0.39, 0.29) is 23.9 Å². The van der Waals surface area contributed by atoms with Crippen LogP contribution in [0.15, 0.2) is 48.8 Å². The number of nitrogens with two attached hydrogens (primary N) is 2. The van der Waals surface area contributed by atoms with E-state index in [0.717, 1.165) is 23.4 Å². The first-order valence-corrected chi connectivity index (χ1v) is 12.9. The molecule has 6 N–H and O–H groups in total.